The molecule has 1 aliphatic rings. The van der Waals surface area contributed by atoms with E-state index in [0.29, 0.717) is 13.0 Å². The first-order valence-corrected chi connectivity index (χ1v) is 6.70. The number of H-pyrrole nitrogens is 1. The predicted molar refractivity (Wildman–Crippen MR) is 71.9 cm³/mol. The number of nitrogens with one attached hydrogen (secondary N) is 1. The number of ether oxygens (including phenoxy) is 1. The first-order chi connectivity index (χ1) is 8.95. The summed E-state index contributed by atoms with van der Waals surface area (Å²) in [6.07, 6.45) is 0.196. The number of carbonyl (C=O) groups excluding carboxylic acids is 1. The molecule has 1 aromatic rings. The van der Waals surface area contributed by atoms with E-state index in [-0.39, 0.29) is 3.92 Å². The monoisotopic (exact) mass is 383 g/mol. The number of aromatic nitrogens is 2. The third-order valence-corrected chi connectivity index (χ3v) is 4.17. The normalized spacial score (nSPS) is 22.6. The van der Waals surface area contributed by atoms with Gasteiger partial charge in [-0.1, -0.05) is 22.6 Å². The summed E-state index contributed by atoms with van der Waals surface area (Å²) in [5.41, 5.74) is -1.83. The van der Waals surface area contributed by atoms with Crippen LogP contribution in [0.15, 0.2) is 15.8 Å². The van der Waals surface area contributed by atoms with E-state index in [1.54, 1.807) is 0 Å². The molecule has 0 radical (unpaired) electrons. The number of methoxy groups -OCH3 is 1. The summed E-state index contributed by atoms with van der Waals surface area (Å²) in [7, 11) is 1.23. The molecular weight excluding hydrogens is 372 g/mol. The van der Waals surface area contributed by atoms with Crippen LogP contribution in [0.2, 0.25) is 0 Å². The van der Waals surface area contributed by atoms with Crippen molar-refractivity contribution in [3.8, 4) is 0 Å². The molecule has 1 N–H and O–H groups in total. The molecule has 0 spiro atoms. The summed E-state index contributed by atoms with van der Waals surface area (Å²) in [6, 6.07) is 0. The van der Waals surface area contributed by atoms with Crippen LogP contribution in [0.25, 0.3) is 0 Å². The molecule has 104 valence electrons. The van der Waals surface area contributed by atoms with Crippen molar-refractivity contribution in [3.63, 3.8) is 0 Å². The molecule has 19 heavy (non-hydrogen) atoms. The van der Waals surface area contributed by atoms with Crippen molar-refractivity contribution in [1.82, 2.24) is 14.5 Å². The highest BCUT2D eigenvalue weighted by atomic mass is 127. The van der Waals surface area contributed by atoms with Crippen LogP contribution in [0, 0.1) is 5.82 Å². The van der Waals surface area contributed by atoms with Crippen LogP contribution in [-0.4, -0.2) is 38.1 Å². The van der Waals surface area contributed by atoms with Gasteiger partial charge in [-0.25, -0.2) is 9.59 Å². The second-order valence-electron chi connectivity index (χ2n) is 4.03. The molecule has 1 aromatic heterocycles. The third-order valence-electron chi connectivity index (χ3n) is 2.91. The molecule has 9 heteroatoms. The predicted octanol–water partition coefficient (Wildman–Crippen LogP) is 0.450. The topological polar surface area (TPSA) is 84.4 Å². The summed E-state index contributed by atoms with van der Waals surface area (Å²) in [5, 5.41) is 0. The van der Waals surface area contributed by atoms with Crippen LogP contribution >= 0.6 is 22.6 Å². The molecule has 2 heterocycles. The van der Waals surface area contributed by atoms with E-state index in [1.165, 1.54) is 12.0 Å². The Balaban J connectivity index is 2.49. The van der Waals surface area contributed by atoms with Crippen LogP contribution in [0.3, 0.4) is 0 Å². The Hall–Kier alpha value is -1.39. The van der Waals surface area contributed by atoms with E-state index in [4.69, 9.17) is 0 Å². The lowest BCUT2D eigenvalue weighted by Gasteiger charge is -2.26. The molecule has 0 saturated carbocycles. The Bertz CT molecular complexity index is 614. The summed E-state index contributed by atoms with van der Waals surface area (Å²) in [4.78, 5) is 37.6. The quantitative estimate of drug-likeness (QED) is 0.564. The molecule has 2 atom stereocenters. The fraction of sp³-hybridized carbons (Fsp3) is 0.500. The van der Waals surface area contributed by atoms with Crippen LogP contribution in [0.5, 0.6) is 0 Å². The van der Waals surface area contributed by atoms with Crippen molar-refractivity contribution >= 4 is 28.7 Å². The second kappa shape index (κ2) is 5.31. The van der Waals surface area contributed by atoms with Crippen molar-refractivity contribution in [2.45, 2.75) is 16.5 Å². The molecule has 1 fully saturated rings. The van der Waals surface area contributed by atoms with Gasteiger partial charge in [-0.2, -0.15) is 4.39 Å². The Morgan fingerprint density at radius 3 is 2.89 bits per heavy atom. The molecule has 7 nitrogen and oxygen atoms in total. The van der Waals surface area contributed by atoms with Gasteiger partial charge in [0.15, 0.2) is 0 Å². The van der Waals surface area contributed by atoms with E-state index < -0.39 is 29.3 Å². The molecule has 1 aliphatic heterocycles. The molecule has 0 aliphatic carbocycles. The fourth-order valence-electron chi connectivity index (χ4n) is 2.04. The summed E-state index contributed by atoms with van der Waals surface area (Å²) >= 11 is 2.08. The van der Waals surface area contributed by atoms with Gasteiger partial charge in [-0.3, -0.25) is 19.2 Å². The molecule has 0 aromatic carbocycles. The number of rotatable bonds is 1. The van der Waals surface area contributed by atoms with Gasteiger partial charge in [-0.05, 0) is 6.42 Å². The number of carbonyl (C=O) groups is 1. The average Bonchev–Trinajstić information content (AvgIpc) is 2.75. The number of halogens is 2. The van der Waals surface area contributed by atoms with Gasteiger partial charge in [0.25, 0.3) is 5.56 Å². The first-order valence-electron chi connectivity index (χ1n) is 5.45. The number of nitrogens with zero attached hydrogens (tertiary/aromatic N) is 2. The van der Waals surface area contributed by atoms with Gasteiger partial charge in [0, 0.05) is 6.54 Å². The van der Waals surface area contributed by atoms with Crippen LogP contribution in [0.1, 0.15) is 12.6 Å². The van der Waals surface area contributed by atoms with Crippen LogP contribution in [0.4, 0.5) is 9.18 Å². The third kappa shape index (κ3) is 2.51. The van der Waals surface area contributed by atoms with Crippen LogP contribution < -0.4 is 11.2 Å². The number of amides is 1. The van der Waals surface area contributed by atoms with Gasteiger partial charge in [-0.15, -0.1) is 0 Å². The van der Waals surface area contributed by atoms with Gasteiger partial charge in [0.05, 0.1) is 17.2 Å². The maximum atomic E-state index is 13.3. The van der Waals surface area contributed by atoms with Gasteiger partial charge in [0.2, 0.25) is 5.82 Å². The lowest BCUT2D eigenvalue weighted by Crippen LogP contribution is -2.43. The van der Waals surface area contributed by atoms with Crippen molar-refractivity contribution in [1.29, 1.82) is 0 Å². The van der Waals surface area contributed by atoms with Gasteiger partial charge < -0.3 is 4.74 Å². The molecule has 1 amide bonds. The first kappa shape index (κ1) is 14.0. The molecule has 2 rings (SSSR count). The number of likely N-dealkylation sites (tertiary alicyclic amines) is 1. The zero-order chi connectivity index (χ0) is 14.2. The minimum absolute atomic E-state index is 0.0836. The zero-order valence-corrected chi connectivity index (χ0v) is 12.1. The lowest BCUT2D eigenvalue weighted by molar-refractivity contribution is 0.104. The van der Waals surface area contributed by atoms with Crippen molar-refractivity contribution in [2.24, 2.45) is 0 Å². The highest BCUT2D eigenvalue weighted by Crippen LogP contribution is 2.32. The van der Waals surface area contributed by atoms with Gasteiger partial charge >= 0.3 is 11.8 Å². The number of alkyl halides is 1. The standard InChI is InChI=1S/C10H11FIN3O4/c1-19-10(18)14-3-2-6(12)8(14)15-4-5(11)7(16)13-9(15)17/h4,6,8H,2-3H2,1H3,(H,13,16,17)/t6-,8+/m1/s1. The van der Waals surface area contributed by atoms with E-state index in [1.807, 2.05) is 4.98 Å². The number of hydrogen-bond acceptors (Lipinski definition) is 4. The van der Waals surface area contributed by atoms with E-state index in [0.717, 1.165) is 10.8 Å². The maximum Gasteiger partial charge on any atom is 0.411 e. The van der Waals surface area contributed by atoms with Crippen molar-refractivity contribution in [3.05, 3.63) is 32.9 Å². The minimum atomic E-state index is -1.08. The number of aromatic amines is 1. The Kier molecular flexibility index (Phi) is 3.92. The minimum Gasteiger partial charge on any atom is -0.453 e. The second-order valence-corrected chi connectivity index (χ2v) is 5.63. The highest BCUT2D eigenvalue weighted by Gasteiger charge is 2.38. The fourth-order valence-corrected chi connectivity index (χ4v) is 3.05. The van der Waals surface area contributed by atoms with Crippen molar-refractivity contribution in [2.75, 3.05) is 13.7 Å². The highest BCUT2D eigenvalue weighted by molar-refractivity contribution is 14.1. The smallest absolute Gasteiger partial charge is 0.411 e. The van der Waals surface area contributed by atoms with E-state index in [9.17, 15) is 18.8 Å². The summed E-state index contributed by atoms with van der Waals surface area (Å²) in [6.45, 7) is 0.401. The number of hydrogen-bond donors (Lipinski definition) is 1. The summed E-state index contributed by atoms with van der Waals surface area (Å²) < 4.78 is 18.9. The largest absolute Gasteiger partial charge is 0.453 e. The Morgan fingerprint density at radius 1 is 1.58 bits per heavy atom. The van der Waals surface area contributed by atoms with E-state index in [2.05, 4.69) is 27.3 Å². The van der Waals surface area contributed by atoms with Gasteiger partial charge in [0.1, 0.15) is 6.17 Å². The summed E-state index contributed by atoms with van der Waals surface area (Å²) in [5.74, 6) is -1.07. The Morgan fingerprint density at radius 2 is 2.26 bits per heavy atom. The average molecular weight is 383 g/mol. The Labute approximate surface area is 120 Å². The lowest BCUT2D eigenvalue weighted by atomic mass is 10.3. The van der Waals surface area contributed by atoms with E-state index >= 15 is 0 Å². The molecule has 1 saturated heterocycles. The SMILES string of the molecule is COC(=O)N1CC[C@@H](I)[C@@H]1n1cc(F)c(=O)[nH]c1=O. The molecular formula is C10H11FIN3O4. The van der Waals surface area contributed by atoms with Crippen LogP contribution in [-0.2, 0) is 4.74 Å². The molecule has 0 unspecified atom stereocenters. The zero-order valence-electron chi connectivity index (χ0n) is 9.93. The molecule has 0 bridgehead atoms. The van der Waals surface area contributed by atoms with Crippen molar-refractivity contribution < 1.29 is 13.9 Å². The maximum absolute atomic E-state index is 13.3.